The van der Waals surface area contributed by atoms with Crippen LogP contribution in [-0.2, 0) is 14.3 Å². The van der Waals surface area contributed by atoms with Crippen molar-refractivity contribution in [1.29, 1.82) is 0 Å². The summed E-state index contributed by atoms with van der Waals surface area (Å²) in [5, 5.41) is 22.0. The van der Waals surface area contributed by atoms with Gasteiger partial charge in [-0.2, -0.15) is 0 Å². The Labute approximate surface area is 192 Å². The molecule has 2 aliphatic heterocycles. The van der Waals surface area contributed by atoms with E-state index in [1.54, 1.807) is 0 Å². The third-order valence-electron chi connectivity index (χ3n) is 11.8. The first kappa shape index (κ1) is 22.0. The summed E-state index contributed by atoms with van der Waals surface area (Å²) in [5.41, 5.74) is -0.523. The van der Waals surface area contributed by atoms with Gasteiger partial charge < -0.3 is 19.7 Å². The lowest BCUT2D eigenvalue weighted by Gasteiger charge is -2.61. The van der Waals surface area contributed by atoms with Crippen LogP contribution in [0, 0.1) is 52.3 Å². The van der Waals surface area contributed by atoms with Crippen LogP contribution < -0.4 is 0 Å². The van der Waals surface area contributed by atoms with Gasteiger partial charge in [0.15, 0.2) is 11.6 Å². The van der Waals surface area contributed by atoms with Crippen molar-refractivity contribution in [3.63, 3.8) is 0 Å². The van der Waals surface area contributed by atoms with Gasteiger partial charge in [-0.1, -0.05) is 27.7 Å². The molecule has 6 aliphatic rings. The maximum atomic E-state index is 14.0. The van der Waals surface area contributed by atoms with Crippen LogP contribution in [0.2, 0.25) is 0 Å². The summed E-state index contributed by atoms with van der Waals surface area (Å²) < 4.78 is 13.1. The zero-order valence-corrected chi connectivity index (χ0v) is 20.3. The molecule has 6 rings (SSSR count). The maximum absolute atomic E-state index is 14.0. The summed E-state index contributed by atoms with van der Waals surface area (Å²) in [6.45, 7) is 9.70. The Kier molecular flexibility index (Phi) is 4.83. The molecule has 0 aromatic rings. The summed E-state index contributed by atoms with van der Waals surface area (Å²) in [5.74, 6) is 1.45. The van der Waals surface area contributed by atoms with Crippen molar-refractivity contribution in [1.82, 2.24) is 0 Å². The number of aliphatic hydroxyl groups is 2. The zero-order chi connectivity index (χ0) is 22.6. The summed E-state index contributed by atoms with van der Waals surface area (Å²) in [6.07, 6.45) is 6.54. The van der Waals surface area contributed by atoms with E-state index in [1.807, 2.05) is 0 Å². The van der Waals surface area contributed by atoms with E-state index in [-0.39, 0.29) is 41.2 Å². The second-order valence-corrected chi connectivity index (χ2v) is 13.1. The van der Waals surface area contributed by atoms with Gasteiger partial charge in [0.25, 0.3) is 0 Å². The summed E-state index contributed by atoms with van der Waals surface area (Å²) >= 11 is 0. The molecule has 2 N–H and O–H groups in total. The van der Waals surface area contributed by atoms with Gasteiger partial charge in [-0.3, -0.25) is 4.79 Å². The van der Waals surface area contributed by atoms with E-state index >= 15 is 0 Å². The average Bonchev–Trinajstić information content (AvgIpc) is 3.20. The summed E-state index contributed by atoms with van der Waals surface area (Å²) in [7, 11) is 0. The van der Waals surface area contributed by atoms with E-state index in [2.05, 4.69) is 27.7 Å². The number of Topliss-reactive ketones (excluding diaryl/α,β-unsaturated/α-hetero) is 1. The molecule has 0 radical (unpaired) electrons. The fraction of sp³-hybridized carbons (Fsp3) is 0.963. The molecule has 0 unspecified atom stereocenters. The molecule has 2 heterocycles. The van der Waals surface area contributed by atoms with Gasteiger partial charge in [0, 0.05) is 29.6 Å². The predicted octanol–water partition coefficient (Wildman–Crippen LogP) is 3.94. The van der Waals surface area contributed by atoms with E-state index in [4.69, 9.17) is 9.47 Å². The van der Waals surface area contributed by atoms with Crippen molar-refractivity contribution in [2.75, 3.05) is 6.61 Å². The Bertz CT molecular complexity index is 789. The molecule has 0 bridgehead atoms. The largest absolute Gasteiger partial charge is 0.393 e. The Balaban J connectivity index is 1.34. The van der Waals surface area contributed by atoms with Gasteiger partial charge in [0.1, 0.15) is 6.10 Å². The number of ketones is 1. The van der Waals surface area contributed by atoms with Crippen LogP contribution in [0.1, 0.15) is 79.1 Å². The van der Waals surface area contributed by atoms with Crippen LogP contribution in [0.25, 0.3) is 0 Å². The number of carbonyl (C=O) groups excluding carboxylic acids is 1. The Hall–Kier alpha value is -0.490. The maximum Gasteiger partial charge on any atom is 0.171 e. The van der Waals surface area contributed by atoms with Crippen LogP contribution in [-0.4, -0.2) is 46.7 Å². The highest BCUT2D eigenvalue weighted by Crippen LogP contribution is 2.70. The van der Waals surface area contributed by atoms with Gasteiger partial charge in [0.05, 0.1) is 18.8 Å². The average molecular weight is 447 g/mol. The SMILES string of the molecule is C[C@@H]1CC[C@]2(OC1)O[C@@H]1C[C@@H]3[C@@H]4CC[C@H]5C[C@H](O)CC[C@]5(C)[C@@H]4C(=O)[C@H](O)[C@]3(C)[C@H]1[C@H]2C. The van der Waals surface area contributed by atoms with E-state index in [1.165, 1.54) is 0 Å². The van der Waals surface area contributed by atoms with Crippen molar-refractivity contribution in [3.8, 4) is 0 Å². The standard InChI is InChI=1S/C27H42O5/c1-14-7-10-27(31-13-14)15(2)21-20(32-27)12-19-18-6-5-16-11-17(28)8-9-25(16,3)22(18)23(29)24(30)26(19,21)4/h14-22,24,28,30H,5-13H2,1-4H3/t14-,15-,16+,17-,18+,19-,20-,21+,22+,24+,25+,26+,27+/m1/s1. The number of carbonyl (C=O) groups is 1. The first-order valence-electron chi connectivity index (χ1n) is 13.3. The van der Waals surface area contributed by atoms with Crippen molar-refractivity contribution in [2.24, 2.45) is 52.3 Å². The summed E-state index contributed by atoms with van der Waals surface area (Å²) in [4.78, 5) is 14.0. The molecule has 4 aliphatic carbocycles. The first-order chi connectivity index (χ1) is 15.1. The third kappa shape index (κ3) is 2.63. The second-order valence-electron chi connectivity index (χ2n) is 13.1. The molecule has 32 heavy (non-hydrogen) atoms. The normalized spacial score (nSPS) is 61.8. The van der Waals surface area contributed by atoms with Crippen molar-refractivity contribution in [2.45, 2.75) is 103 Å². The van der Waals surface area contributed by atoms with E-state index in [9.17, 15) is 15.0 Å². The van der Waals surface area contributed by atoms with Crippen LogP contribution in [0.15, 0.2) is 0 Å². The van der Waals surface area contributed by atoms with Crippen LogP contribution in [0.3, 0.4) is 0 Å². The van der Waals surface area contributed by atoms with Crippen molar-refractivity contribution >= 4 is 5.78 Å². The summed E-state index contributed by atoms with van der Waals surface area (Å²) in [6, 6.07) is 0. The zero-order valence-electron chi connectivity index (χ0n) is 20.3. The van der Waals surface area contributed by atoms with Crippen LogP contribution in [0.4, 0.5) is 0 Å². The van der Waals surface area contributed by atoms with E-state index in [0.717, 1.165) is 58.0 Å². The molecule has 4 saturated carbocycles. The van der Waals surface area contributed by atoms with Gasteiger partial charge >= 0.3 is 0 Å². The van der Waals surface area contributed by atoms with Crippen molar-refractivity contribution < 1.29 is 24.5 Å². The Morgan fingerprint density at radius 2 is 1.78 bits per heavy atom. The fourth-order valence-electron chi connectivity index (χ4n) is 10.0. The number of hydrogen-bond donors (Lipinski definition) is 2. The van der Waals surface area contributed by atoms with Gasteiger partial charge in [-0.15, -0.1) is 0 Å². The van der Waals surface area contributed by atoms with E-state index < -0.39 is 17.3 Å². The number of fused-ring (bicyclic) bond motifs is 7. The predicted molar refractivity (Wildman–Crippen MR) is 120 cm³/mol. The lowest BCUT2D eigenvalue weighted by atomic mass is 9.43. The quantitative estimate of drug-likeness (QED) is 0.589. The highest BCUT2D eigenvalue weighted by atomic mass is 16.7. The molecule has 180 valence electrons. The number of hydrogen-bond acceptors (Lipinski definition) is 5. The molecule has 2 saturated heterocycles. The number of ether oxygens (including phenoxy) is 2. The van der Waals surface area contributed by atoms with Gasteiger partial charge in [-0.05, 0) is 74.0 Å². The Morgan fingerprint density at radius 1 is 1.00 bits per heavy atom. The third-order valence-corrected chi connectivity index (χ3v) is 11.8. The highest BCUT2D eigenvalue weighted by Gasteiger charge is 2.73. The van der Waals surface area contributed by atoms with Crippen LogP contribution >= 0.6 is 0 Å². The minimum atomic E-state index is -0.921. The van der Waals surface area contributed by atoms with Gasteiger partial charge in [0.2, 0.25) is 0 Å². The molecule has 0 aromatic heterocycles. The number of aliphatic hydroxyl groups excluding tert-OH is 2. The molecular formula is C27H42O5. The smallest absolute Gasteiger partial charge is 0.171 e. The van der Waals surface area contributed by atoms with E-state index in [0.29, 0.717) is 23.7 Å². The monoisotopic (exact) mass is 446 g/mol. The molecule has 6 fully saturated rings. The minimum Gasteiger partial charge on any atom is -0.393 e. The molecule has 1 spiro atoms. The second kappa shape index (κ2) is 7.02. The fourth-order valence-corrected chi connectivity index (χ4v) is 10.0. The molecule has 5 nitrogen and oxygen atoms in total. The molecule has 13 atom stereocenters. The van der Waals surface area contributed by atoms with Crippen LogP contribution in [0.5, 0.6) is 0 Å². The Morgan fingerprint density at radius 3 is 2.50 bits per heavy atom. The molecule has 0 aromatic carbocycles. The molecular weight excluding hydrogens is 404 g/mol. The highest BCUT2D eigenvalue weighted by molar-refractivity contribution is 5.88. The van der Waals surface area contributed by atoms with Gasteiger partial charge in [-0.25, -0.2) is 0 Å². The lowest BCUT2D eigenvalue weighted by Crippen LogP contribution is -2.64. The minimum absolute atomic E-state index is 0.0725. The topological polar surface area (TPSA) is 76.0 Å². The first-order valence-corrected chi connectivity index (χ1v) is 13.3. The molecule has 5 heteroatoms. The molecule has 0 amide bonds. The number of rotatable bonds is 0. The lowest BCUT2D eigenvalue weighted by molar-refractivity contribution is -0.273. The van der Waals surface area contributed by atoms with Crippen molar-refractivity contribution in [3.05, 3.63) is 0 Å².